The van der Waals surface area contributed by atoms with E-state index in [1.165, 1.54) is 12.4 Å². The van der Waals surface area contributed by atoms with Gasteiger partial charge in [-0.05, 0) is 55.5 Å². The first kappa shape index (κ1) is 22.8. The zero-order chi connectivity index (χ0) is 25.7. The Hall–Kier alpha value is -4.60. The lowest BCUT2D eigenvalue weighted by atomic mass is 10.1. The van der Waals surface area contributed by atoms with Gasteiger partial charge in [0.25, 0.3) is 5.91 Å². The van der Waals surface area contributed by atoms with Crippen molar-refractivity contribution in [2.24, 2.45) is 5.92 Å². The van der Waals surface area contributed by atoms with E-state index in [0.717, 1.165) is 30.5 Å². The normalized spacial score (nSPS) is 20.4. The van der Waals surface area contributed by atoms with Crippen LogP contribution in [0.3, 0.4) is 0 Å². The molecule has 1 aromatic carbocycles. The van der Waals surface area contributed by atoms with Gasteiger partial charge in [-0.3, -0.25) is 9.59 Å². The number of nitrogen functional groups attached to an aromatic ring is 1. The Bertz CT molecular complexity index is 1540. The number of carbonyl (C=O) groups excluding carboxylic acids is 2. The number of carbonyl (C=O) groups is 2. The molecule has 1 saturated carbocycles. The van der Waals surface area contributed by atoms with Crippen molar-refractivity contribution in [1.82, 2.24) is 29.6 Å². The number of hydrogen-bond acceptors (Lipinski definition) is 7. The molecule has 0 unspecified atom stereocenters. The fourth-order valence-electron chi connectivity index (χ4n) is 5.63. The van der Waals surface area contributed by atoms with Gasteiger partial charge in [-0.2, -0.15) is 5.10 Å². The second kappa shape index (κ2) is 8.81. The molecular weight excluding hydrogens is 468 g/mol. The number of piperidine rings is 1. The van der Waals surface area contributed by atoms with E-state index >= 15 is 0 Å². The van der Waals surface area contributed by atoms with Crippen molar-refractivity contribution in [3.8, 4) is 11.3 Å². The molecule has 3 atom stereocenters. The third kappa shape index (κ3) is 3.81. The van der Waals surface area contributed by atoms with Gasteiger partial charge in [-0.15, -0.1) is 0 Å². The van der Waals surface area contributed by atoms with Crippen molar-refractivity contribution in [3.63, 3.8) is 0 Å². The molecule has 0 spiro atoms. The number of pyridine rings is 1. The van der Waals surface area contributed by atoms with E-state index < -0.39 is 0 Å². The summed E-state index contributed by atoms with van der Waals surface area (Å²) in [5.74, 6) is 0.974. The Morgan fingerprint density at radius 1 is 1.11 bits per heavy atom. The fraction of sp³-hybridized carbons (Fsp3) is 0.259. The highest BCUT2D eigenvalue weighted by Gasteiger charge is 2.48. The van der Waals surface area contributed by atoms with E-state index in [-0.39, 0.29) is 23.9 Å². The third-order valence-corrected chi connectivity index (χ3v) is 7.40. The Balaban J connectivity index is 1.34. The number of rotatable bonds is 5. The summed E-state index contributed by atoms with van der Waals surface area (Å²) in [7, 11) is 0. The molecule has 186 valence electrons. The summed E-state index contributed by atoms with van der Waals surface area (Å²) in [6.45, 7) is 6.29. The lowest BCUT2D eigenvalue weighted by Crippen LogP contribution is -2.42. The molecule has 2 amide bonds. The Kier molecular flexibility index (Phi) is 5.44. The number of nitrogens with two attached hydrogens (primary N) is 1. The molecule has 6 rings (SSSR count). The van der Waals surface area contributed by atoms with Crippen LogP contribution in [0.2, 0.25) is 0 Å². The van der Waals surface area contributed by atoms with Gasteiger partial charge in [0, 0.05) is 23.9 Å². The molecule has 37 heavy (non-hydrogen) atoms. The topological polar surface area (TPSA) is 132 Å². The van der Waals surface area contributed by atoms with Crippen molar-refractivity contribution in [3.05, 3.63) is 72.7 Å². The molecule has 1 saturated heterocycles. The maximum absolute atomic E-state index is 12.8. The maximum Gasteiger partial charge on any atom is 0.256 e. The quantitative estimate of drug-likeness (QED) is 0.407. The summed E-state index contributed by atoms with van der Waals surface area (Å²) in [6, 6.07) is 10.9. The first-order valence-corrected chi connectivity index (χ1v) is 12.2. The number of aromatic nitrogens is 5. The summed E-state index contributed by atoms with van der Waals surface area (Å²) in [5.41, 5.74) is 9.75. The number of aryl methyl sites for hydroxylation is 1. The molecule has 4 heterocycles. The van der Waals surface area contributed by atoms with E-state index in [1.54, 1.807) is 18.3 Å². The lowest BCUT2D eigenvalue weighted by molar-refractivity contribution is -0.128. The summed E-state index contributed by atoms with van der Waals surface area (Å²) < 4.78 is 1.90. The van der Waals surface area contributed by atoms with Crippen molar-refractivity contribution in [2.75, 3.05) is 17.6 Å². The molecule has 10 heteroatoms. The minimum Gasteiger partial charge on any atom is -0.383 e. The fourth-order valence-corrected chi connectivity index (χ4v) is 5.63. The lowest BCUT2D eigenvalue weighted by Gasteiger charge is -2.32. The van der Waals surface area contributed by atoms with Gasteiger partial charge in [0.05, 0.1) is 17.5 Å². The monoisotopic (exact) mass is 494 g/mol. The molecular formula is C27H26N8O2. The zero-order valence-electron chi connectivity index (χ0n) is 20.3. The maximum atomic E-state index is 12.8. The third-order valence-electron chi connectivity index (χ3n) is 7.40. The second-order valence-corrected chi connectivity index (χ2v) is 9.62. The molecule has 1 aliphatic carbocycles. The van der Waals surface area contributed by atoms with Crippen molar-refractivity contribution in [2.45, 2.75) is 31.8 Å². The van der Waals surface area contributed by atoms with Crippen LogP contribution in [0.4, 0.5) is 11.6 Å². The van der Waals surface area contributed by atoms with E-state index in [2.05, 4.69) is 26.8 Å². The molecule has 2 bridgehead atoms. The number of hydrogen-bond donors (Lipinski definition) is 2. The summed E-state index contributed by atoms with van der Waals surface area (Å²) in [5, 5.41) is 8.46. The van der Waals surface area contributed by atoms with Crippen LogP contribution in [0.1, 0.15) is 34.8 Å². The van der Waals surface area contributed by atoms with Crippen LogP contribution in [-0.4, -0.2) is 54.0 Å². The van der Waals surface area contributed by atoms with Crippen LogP contribution in [0.5, 0.6) is 0 Å². The van der Waals surface area contributed by atoms with E-state index in [9.17, 15) is 9.59 Å². The molecule has 4 aromatic rings. The highest BCUT2D eigenvalue weighted by atomic mass is 16.2. The highest BCUT2D eigenvalue weighted by Crippen LogP contribution is 2.46. The predicted molar refractivity (Wildman–Crippen MR) is 140 cm³/mol. The van der Waals surface area contributed by atoms with Crippen LogP contribution in [0.15, 0.2) is 61.6 Å². The van der Waals surface area contributed by atoms with Gasteiger partial charge in [-0.25, -0.2) is 19.6 Å². The van der Waals surface area contributed by atoms with Gasteiger partial charge in [0.1, 0.15) is 23.7 Å². The molecule has 2 fully saturated rings. The highest BCUT2D eigenvalue weighted by molar-refractivity contribution is 6.05. The molecule has 0 radical (unpaired) electrons. The number of anilines is 2. The summed E-state index contributed by atoms with van der Waals surface area (Å²) in [4.78, 5) is 40.1. The van der Waals surface area contributed by atoms with Gasteiger partial charge >= 0.3 is 0 Å². The van der Waals surface area contributed by atoms with Crippen molar-refractivity contribution >= 4 is 34.5 Å². The van der Waals surface area contributed by atoms with Gasteiger partial charge in [0.15, 0.2) is 5.65 Å². The molecule has 3 N–H and O–H groups in total. The molecule has 1 aliphatic heterocycles. The minimum absolute atomic E-state index is 0.0140. The minimum atomic E-state index is -0.249. The summed E-state index contributed by atoms with van der Waals surface area (Å²) >= 11 is 0. The molecule has 10 nitrogen and oxygen atoms in total. The number of likely N-dealkylation sites (tertiary alicyclic amines) is 1. The van der Waals surface area contributed by atoms with Crippen molar-refractivity contribution < 1.29 is 9.59 Å². The number of nitrogens with zero attached hydrogens (tertiary/aromatic N) is 6. The second-order valence-electron chi connectivity index (χ2n) is 9.62. The number of nitrogens with one attached hydrogen (secondary N) is 1. The molecule has 3 aromatic heterocycles. The largest absolute Gasteiger partial charge is 0.383 e. The number of benzene rings is 1. The first-order valence-electron chi connectivity index (χ1n) is 12.2. The van der Waals surface area contributed by atoms with Crippen LogP contribution in [0.25, 0.3) is 22.3 Å². The smallest absolute Gasteiger partial charge is 0.256 e. The average Bonchev–Trinajstić information content (AvgIpc) is 3.63. The Labute approximate surface area is 213 Å². The van der Waals surface area contributed by atoms with E-state index in [1.807, 2.05) is 40.8 Å². The predicted octanol–water partition coefficient (Wildman–Crippen LogP) is 3.38. The van der Waals surface area contributed by atoms with Crippen LogP contribution >= 0.6 is 0 Å². The van der Waals surface area contributed by atoms with Crippen LogP contribution < -0.4 is 11.1 Å². The van der Waals surface area contributed by atoms with Crippen molar-refractivity contribution in [1.29, 1.82) is 0 Å². The number of amides is 2. The van der Waals surface area contributed by atoms with Crippen LogP contribution in [-0.2, 0) is 4.79 Å². The van der Waals surface area contributed by atoms with E-state index in [4.69, 9.17) is 10.8 Å². The molecule has 2 aliphatic rings. The van der Waals surface area contributed by atoms with Crippen LogP contribution in [0, 0.1) is 12.8 Å². The SMILES string of the molecule is C=CC(=O)N1C[C@@H]2C[C@@H]1[C@H](n1nc(-c3ccc(C(=O)Nc4ncccc4C)cc3)c3c(N)ncnc31)C2. The summed E-state index contributed by atoms with van der Waals surface area (Å²) in [6.07, 6.45) is 6.30. The van der Waals surface area contributed by atoms with E-state index in [0.29, 0.717) is 39.8 Å². The standard InChI is InChI=1S/C27H26N8O2/c1-3-21(36)34-13-16-11-19(34)20(12-16)35-26-22(24(28)30-14-31-26)23(33-35)17-6-8-18(9-7-17)27(37)32-25-15(2)5-4-10-29-25/h3-10,14,16,19-20H,1,11-13H2,2H3,(H2,28,30,31)(H,29,32,37)/t16-,19-,20-/m1/s1. The first-order chi connectivity index (χ1) is 17.9. The Morgan fingerprint density at radius 2 is 1.89 bits per heavy atom. The Morgan fingerprint density at radius 3 is 2.62 bits per heavy atom. The van der Waals surface area contributed by atoms with Gasteiger partial charge in [0.2, 0.25) is 5.91 Å². The van der Waals surface area contributed by atoms with Gasteiger partial charge < -0.3 is 16.0 Å². The average molecular weight is 495 g/mol. The number of fused-ring (bicyclic) bond motifs is 3. The zero-order valence-corrected chi connectivity index (χ0v) is 20.3. The van der Waals surface area contributed by atoms with Gasteiger partial charge in [-0.1, -0.05) is 24.8 Å².